The minimum Gasteiger partial charge on any atom is -0.348 e. The molecule has 5 aromatic rings. The van der Waals surface area contributed by atoms with Crippen molar-refractivity contribution in [3.63, 3.8) is 0 Å². The summed E-state index contributed by atoms with van der Waals surface area (Å²) in [6, 6.07) is 29.3. The number of hydrogen-bond acceptors (Lipinski definition) is 5. The van der Waals surface area contributed by atoms with Crippen LogP contribution in [0.25, 0.3) is 33.9 Å². The molecule has 2 aromatic heterocycles. The van der Waals surface area contributed by atoms with Crippen LogP contribution in [0.1, 0.15) is 43.2 Å². The number of allylic oxidation sites excluding steroid dienone is 1. The van der Waals surface area contributed by atoms with Crippen molar-refractivity contribution >= 4 is 40.5 Å². The Morgan fingerprint density at radius 1 is 0.878 bits per heavy atom. The van der Waals surface area contributed by atoms with E-state index >= 15 is 0 Å². The van der Waals surface area contributed by atoms with Crippen molar-refractivity contribution in [3.8, 4) is 21.7 Å². The highest BCUT2D eigenvalue weighted by Crippen LogP contribution is 2.37. The monoisotopic (exact) mass is 575 g/mol. The molecule has 0 spiro atoms. The Morgan fingerprint density at radius 3 is 2.32 bits per heavy atom. The molecular weight excluding hydrogens is 543 g/mol. The highest BCUT2D eigenvalue weighted by molar-refractivity contribution is 7.16. The smallest absolute Gasteiger partial charge is 0.268 e. The van der Waals surface area contributed by atoms with E-state index in [-0.39, 0.29) is 11.5 Å². The standard InChI is InChI=1S/C35H33N3OS2/c1-3-22-38-32(24-31-36-33(26-13-7-5-8-14-26)34(41-31)27-15-9-6-10-16-27)40-30(35(38)39)20-19-25-21-23-37(4-2)29-18-12-11-17-28(25)29/h5-18,20-21,23-25H,3-4,19,22H2,1-2H3/b30-20+,32-24-. The summed E-state index contributed by atoms with van der Waals surface area (Å²) in [5.74, 6) is 0.253. The van der Waals surface area contributed by atoms with Gasteiger partial charge in [0.25, 0.3) is 5.56 Å². The van der Waals surface area contributed by atoms with Crippen LogP contribution in [-0.4, -0.2) is 16.1 Å². The summed E-state index contributed by atoms with van der Waals surface area (Å²) in [6.07, 6.45) is 10.4. The molecule has 6 heteroatoms. The molecule has 0 N–H and O–H groups in total. The van der Waals surface area contributed by atoms with Crippen molar-refractivity contribution in [1.29, 1.82) is 0 Å². The third-order valence-corrected chi connectivity index (χ3v) is 9.56. The van der Waals surface area contributed by atoms with Crippen molar-refractivity contribution in [2.75, 3.05) is 11.4 Å². The highest BCUT2D eigenvalue weighted by Gasteiger charge is 2.19. The van der Waals surface area contributed by atoms with Crippen molar-refractivity contribution in [3.05, 3.63) is 127 Å². The molecule has 0 bridgehead atoms. The Balaban J connectivity index is 1.41. The second kappa shape index (κ2) is 12.2. The highest BCUT2D eigenvalue weighted by atomic mass is 32.1. The van der Waals surface area contributed by atoms with Crippen LogP contribution >= 0.6 is 22.7 Å². The maximum atomic E-state index is 13.6. The topological polar surface area (TPSA) is 38.1 Å². The average molecular weight is 576 g/mol. The molecule has 1 aliphatic rings. The van der Waals surface area contributed by atoms with Gasteiger partial charge in [0.1, 0.15) is 9.67 Å². The van der Waals surface area contributed by atoms with Crippen molar-refractivity contribution in [2.45, 2.75) is 39.2 Å². The quantitative estimate of drug-likeness (QED) is 0.196. The van der Waals surface area contributed by atoms with E-state index in [0.29, 0.717) is 6.54 Å². The maximum absolute atomic E-state index is 13.6. The number of anilines is 1. The van der Waals surface area contributed by atoms with E-state index in [4.69, 9.17) is 4.98 Å². The van der Waals surface area contributed by atoms with E-state index < -0.39 is 0 Å². The number of para-hydroxylation sites is 1. The van der Waals surface area contributed by atoms with Gasteiger partial charge in [-0.3, -0.25) is 9.36 Å². The third kappa shape index (κ3) is 5.63. The Kier molecular flexibility index (Phi) is 8.12. The van der Waals surface area contributed by atoms with Crippen LogP contribution < -0.4 is 19.7 Å². The van der Waals surface area contributed by atoms with E-state index in [0.717, 1.165) is 55.3 Å². The lowest BCUT2D eigenvalue weighted by Gasteiger charge is -2.29. The summed E-state index contributed by atoms with van der Waals surface area (Å²) >= 11 is 3.25. The lowest BCUT2D eigenvalue weighted by molar-refractivity contribution is 0.650. The maximum Gasteiger partial charge on any atom is 0.268 e. The van der Waals surface area contributed by atoms with Crippen molar-refractivity contribution in [1.82, 2.24) is 9.55 Å². The van der Waals surface area contributed by atoms with Crippen LogP contribution in [0.15, 0.2) is 102 Å². The molecule has 3 aromatic carbocycles. The van der Waals surface area contributed by atoms with Crippen LogP contribution in [0.2, 0.25) is 0 Å². The van der Waals surface area contributed by atoms with Gasteiger partial charge in [-0.1, -0.05) is 97.9 Å². The summed E-state index contributed by atoms with van der Waals surface area (Å²) in [5, 5.41) is 0.907. The molecule has 0 radical (unpaired) electrons. The van der Waals surface area contributed by atoms with Crippen LogP contribution in [0.3, 0.4) is 0 Å². The summed E-state index contributed by atoms with van der Waals surface area (Å²) in [6.45, 7) is 5.91. The number of aromatic nitrogens is 2. The molecule has 1 atom stereocenters. The molecule has 206 valence electrons. The fourth-order valence-corrected chi connectivity index (χ4v) is 7.53. The lowest BCUT2D eigenvalue weighted by Crippen LogP contribution is -2.31. The van der Waals surface area contributed by atoms with Crippen molar-refractivity contribution in [2.24, 2.45) is 0 Å². The van der Waals surface area contributed by atoms with Gasteiger partial charge in [-0.2, -0.15) is 0 Å². The first-order chi connectivity index (χ1) is 20.2. The van der Waals surface area contributed by atoms with Crippen LogP contribution in [0.4, 0.5) is 5.69 Å². The molecule has 0 aliphatic carbocycles. The number of benzene rings is 3. The van der Waals surface area contributed by atoms with Crippen molar-refractivity contribution < 1.29 is 0 Å². The van der Waals surface area contributed by atoms with Gasteiger partial charge in [-0.05, 0) is 37.0 Å². The largest absolute Gasteiger partial charge is 0.348 e. The molecule has 0 fully saturated rings. The predicted octanol–water partition coefficient (Wildman–Crippen LogP) is 7.25. The number of hydrogen-bond donors (Lipinski definition) is 0. The van der Waals surface area contributed by atoms with E-state index in [1.165, 1.54) is 11.3 Å². The second-order valence-electron chi connectivity index (χ2n) is 10.1. The number of nitrogens with zero attached hydrogens (tertiary/aromatic N) is 3. The third-order valence-electron chi connectivity index (χ3n) is 7.40. The number of rotatable bonds is 8. The molecule has 6 rings (SSSR count). The zero-order chi connectivity index (χ0) is 28.2. The van der Waals surface area contributed by atoms with Crippen LogP contribution in [0, 0.1) is 0 Å². The first kappa shape index (κ1) is 27.2. The van der Waals surface area contributed by atoms with Crippen LogP contribution in [-0.2, 0) is 6.54 Å². The second-order valence-corrected chi connectivity index (χ2v) is 12.2. The fourth-order valence-electron chi connectivity index (χ4n) is 5.37. The molecule has 41 heavy (non-hydrogen) atoms. The molecule has 0 amide bonds. The van der Waals surface area contributed by atoms with Gasteiger partial charge in [0.15, 0.2) is 0 Å². The Morgan fingerprint density at radius 2 is 1.59 bits per heavy atom. The molecule has 1 unspecified atom stereocenters. The minimum absolute atomic E-state index is 0.0921. The molecule has 0 saturated heterocycles. The molecule has 3 heterocycles. The predicted molar refractivity (Wildman–Crippen MR) is 175 cm³/mol. The van der Waals surface area contributed by atoms with Gasteiger partial charge < -0.3 is 4.90 Å². The molecule has 1 aliphatic heterocycles. The minimum atomic E-state index is 0.0921. The average Bonchev–Trinajstić information content (AvgIpc) is 3.58. The van der Waals surface area contributed by atoms with E-state index in [1.807, 2.05) is 28.8 Å². The van der Waals surface area contributed by atoms with E-state index in [9.17, 15) is 4.79 Å². The van der Waals surface area contributed by atoms with Gasteiger partial charge >= 0.3 is 0 Å². The van der Waals surface area contributed by atoms with Gasteiger partial charge in [0, 0.05) is 42.5 Å². The summed E-state index contributed by atoms with van der Waals surface area (Å²) in [7, 11) is 0. The van der Waals surface area contributed by atoms with E-state index in [2.05, 4.69) is 104 Å². The number of fused-ring (bicyclic) bond motifs is 1. The lowest BCUT2D eigenvalue weighted by atomic mass is 9.91. The normalized spacial score (nSPS) is 15.5. The summed E-state index contributed by atoms with van der Waals surface area (Å²) in [4.78, 5) is 22.1. The molecule has 4 nitrogen and oxygen atoms in total. The van der Waals surface area contributed by atoms with Gasteiger partial charge in [-0.15, -0.1) is 22.7 Å². The first-order valence-corrected chi connectivity index (χ1v) is 15.9. The van der Waals surface area contributed by atoms with Crippen LogP contribution in [0.5, 0.6) is 0 Å². The Labute approximate surface area is 248 Å². The SMILES string of the molecule is CCCn1c(=O)/c(=C\CC2C=CN(CC)c3ccccc32)s/c1=C\c1nc(-c2ccccc2)c(-c2ccccc2)s1. The zero-order valence-corrected chi connectivity index (χ0v) is 25.0. The Bertz CT molecular complexity index is 1790. The zero-order valence-electron chi connectivity index (χ0n) is 23.4. The van der Waals surface area contributed by atoms with Gasteiger partial charge in [0.05, 0.1) is 15.1 Å². The summed E-state index contributed by atoms with van der Waals surface area (Å²) in [5.41, 5.74) is 5.88. The first-order valence-electron chi connectivity index (χ1n) is 14.2. The van der Waals surface area contributed by atoms with E-state index in [1.54, 1.807) is 22.7 Å². The fraction of sp³-hybridized carbons (Fsp3) is 0.200. The number of thiazole rings is 2. The molecule has 0 saturated carbocycles. The molecular formula is C35H33N3OS2. The van der Waals surface area contributed by atoms with Gasteiger partial charge in [-0.25, -0.2) is 4.98 Å². The Hall–Kier alpha value is -4.00. The summed E-state index contributed by atoms with van der Waals surface area (Å²) < 4.78 is 3.68. The van der Waals surface area contributed by atoms with Gasteiger partial charge in [0.2, 0.25) is 0 Å².